The molecular weight excluding hydrogens is 376 g/mol. The predicted octanol–water partition coefficient (Wildman–Crippen LogP) is 5.98. The van der Waals surface area contributed by atoms with Crippen molar-refractivity contribution in [3.63, 3.8) is 0 Å². The van der Waals surface area contributed by atoms with Crippen molar-refractivity contribution in [3.05, 3.63) is 57.6 Å². The van der Waals surface area contributed by atoms with Gasteiger partial charge in [0, 0.05) is 12.3 Å². The molecule has 0 spiro atoms. The van der Waals surface area contributed by atoms with Crippen LogP contribution in [-0.2, 0) is 14.9 Å². The lowest BCUT2D eigenvalue weighted by Gasteiger charge is -2.29. The van der Waals surface area contributed by atoms with E-state index < -0.39 is 0 Å². The zero-order valence-electron chi connectivity index (χ0n) is 19.9. The fraction of sp³-hybridized carbons (Fsp3) is 0.500. The van der Waals surface area contributed by atoms with Gasteiger partial charge in [0.2, 0.25) is 0 Å². The summed E-state index contributed by atoms with van der Waals surface area (Å²) in [7, 11) is 1.72. The van der Waals surface area contributed by atoms with E-state index in [0.717, 1.165) is 40.2 Å². The van der Waals surface area contributed by atoms with Crippen LogP contribution in [0, 0.1) is 27.7 Å². The standard InChI is InChI=1S/C26H36O4/c1-10-23(30-20(6)27)15-29-25-18(4)13-22(14-19(25)5)26(7,8)21-11-16(2)24(28-9)17(3)12-21/h11-14,23H,10,15H2,1-9H3. The Kier molecular flexibility index (Phi) is 7.57. The van der Waals surface area contributed by atoms with Crippen molar-refractivity contribution in [1.29, 1.82) is 0 Å². The summed E-state index contributed by atoms with van der Waals surface area (Å²) < 4.78 is 16.9. The van der Waals surface area contributed by atoms with Gasteiger partial charge in [0.25, 0.3) is 0 Å². The van der Waals surface area contributed by atoms with Crippen LogP contribution < -0.4 is 9.47 Å². The van der Waals surface area contributed by atoms with Gasteiger partial charge >= 0.3 is 5.97 Å². The largest absolute Gasteiger partial charge is 0.496 e. The molecule has 4 nitrogen and oxygen atoms in total. The van der Waals surface area contributed by atoms with Crippen LogP contribution in [0.4, 0.5) is 0 Å². The Morgan fingerprint density at radius 3 is 1.70 bits per heavy atom. The summed E-state index contributed by atoms with van der Waals surface area (Å²) >= 11 is 0. The van der Waals surface area contributed by atoms with E-state index in [2.05, 4.69) is 65.8 Å². The molecule has 0 heterocycles. The second-order valence-corrected chi connectivity index (χ2v) is 8.66. The minimum atomic E-state index is -0.277. The van der Waals surface area contributed by atoms with Crippen LogP contribution in [0.15, 0.2) is 24.3 Å². The van der Waals surface area contributed by atoms with Crippen molar-refractivity contribution < 1.29 is 19.0 Å². The SMILES string of the molecule is CCC(COc1c(C)cc(C(C)(C)c2cc(C)c(OC)c(C)c2)cc1C)OC(C)=O. The highest BCUT2D eigenvalue weighted by atomic mass is 16.6. The van der Waals surface area contributed by atoms with E-state index in [4.69, 9.17) is 14.2 Å². The van der Waals surface area contributed by atoms with Crippen molar-refractivity contribution in [3.8, 4) is 11.5 Å². The maximum atomic E-state index is 11.3. The maximum absolute atomic E-state index is 11.3. The molecule has 2 aromatic rings. The molecule has 0 aliphatic carbocycles. The quantitative estimate of drug-likeness (QED) is 0.501. The number of benzene rings is 2. The molecule has 1 unspecified atom stereocenters. The number of esters is 1. The minimum absolute atomic E-state index is 0.167. The lowest BCUT2D eigenvalue weighted by Crippen LogP contribution is -2.24. The van der Waals surface area contributed by atoms with Crippen LogP contribution in [0.2, 0.25) is 0 Å². The molecule has 0 saturated carbocycles. The Bertz CT molecular complexity index is 865. The fourth-order valence-corrected chi connectivity index (χ4v) is 3.98. The van der Waals surface area contributed by atoms with E-state index in [0.29, 0.717) is 6.61 Å². The van der Waals surface area contributed by atoms with Gasteiger partial charge < -0.3 is 14.2 Å². The molecule has 0 radical (unpaired) electrons. The van der Waals surface area contributed by atoms with Gasteiger partial charge in [-0.05, 0) is 67.5 Å². The Hall–Kier alpha value is -2.49. The first-order chi connectivity index (χ1) is 14.0. The van der Waals surface area contributed by atoms with Crippen molar-refractivity contribution in [2.24, 2.45) is 0 Å². The summed E-state index contributed by atoms with van der Waals surface area (Å²) in [6.45, 7) is 16.6. The maximum Gasteiger partial charge on any atom is 0.303 e. The molecule has 1 atom stereocenters. The van der Waals surface area contributed by atoms with Gasteiger partial charge in [-0.1, -0.05) is 45.0 Å². The molecule has 0 saturated heterocycles. The number of carbonyl (C=O) groups excluding carboxylic acids is 1. The van der Waals surface area contributed by atoms with Crippen molar-refractivity contribution in [1.82, 2.24) is 0 Å². The number of methoxy groups -OCH3 is 1. The van der Waals surface area contributed by atoms with E-state index in [9.17, 15) is 4.79 Å². The molecule has 2 aromatic carbocycles. The first kappa shape index (κ1) is 23.8. The van der Waals surface area contributed by atoms with Crippen LogP contribution in [0.3, 0.4) is 0 Å². The van der Waals surface area contributed by atoms with E-state index in [1.165, 1.54) is 18.1 Å². The van der Waals surface area contributed by atoms with E-state index in [-0.39, 0.29) is 17.5 Å². The topological polar surface area (TPSA) is 44.8 Å². The van der Waals surface area contributed by atoms with Crippen LogP contribution in [0.5, 0.6) is 11.5 Å². The lowest BCUT2D eigenvalue weighted by atomic mass is 9.76. The number of aryl methyl sites for hydroxylation is 4. The Labute approximate surface area is 181 Å². The summed E-state index contributed by atoms with van der Waals surface area (Å²) in [5, 5.41) is 0. The van der Waals surface area contributed by atoms with Crippen LogP contribution in [-0.4, -0.2) is 25.8 Å². The van der Waals surface area contributed by atoms with E-state index in [1.54, 1.807) is 7.11 Å². The van der Waals surface area contributed by atoms with Gasteiger partial charge in [0.05, 0.1) is 7.11 Å². The zero-order chi connectivity index (χ0) is 22.6. The third-order valence-electron chi connectivity index (χ3n) is 5.77. The van der Waals surface area contributed by atoms with E-state index in [1.807, 2.05) is 6.92 Å². The molecule has 2 rings (SSSR count). The molecule has 0 aliphatic rings. The molecular formula is C26H36O4. The molecule has 0 bridgehead atoms. The zero-order valence-corrected chi connectivity index (χ0v) is 19.9. The van der Waals surface area contributed by atoms with Crippen molar-refractivity contribution >= 4 is 5.97 Å². The summed E-state index contributed by atoms with van der Waals surface area (Å²) in [4.78, 5) is 11.3. The van der Waals surface area contributed by atoms with Gasteiger partial charge in [-0.2, -0.15) is 0 Å². The van der Waals surface area contributed by atoms with E-state index >= 15 is 0 Å². The third-order valence-corrected chi connectivity index (χ3v) is 5.77. The smallest absolute Gasteiger partial charge is 0.303 e. The van der Waals surface area contributed by atoms with Gasteiger partial charge in [-0.15, -0.1) is 0 Å². The monoisotopic (exact) mass is 412 g/mol. The van der Waals surface area contributed by atoms with Gasteiger partial charge in [0.1, 0.15) is 24.2 Å². The highest BCUT2D eigenvalue weighted by Crippen LogP contribution is 2.38. The lowest BCUT2D eigenvalue weighted by molar-refractivity contribution is -0.147. The minimum Gasteiger partial charge on any atom is -0.496 e. The summed E-state index contributed by atoms with van der Waals surface area (Å²) in [5.41, 5.74) is 6.78. The van der Waals surface area contributed by atoms with Gasteiger partial charge in [0.15, 0.2) is 0 Å². The molecule has 0 aliphatic heterocycles. The first-order valence-corrected chi connectivity index (χ1v) is 10.6. The Morgan fingerprint density at radius 1 is 0.900 bits per heavy atom. The molecule has 0 N–H and O–H groups in total. The first-order valence-electron chi connectivity index (χ1n) is 10.6. The number of rotatable bonds is 8. The number of hydrogen-bond acceptors (Lipinski definition) is 4. The normalized spacial score (nSPS) is 12.4. The molecule has 0 aromatic heterocycles. The summed E-state index contributed by atoms with van der Waals surface area (Å²) in [6.07, 6.45) is 0.488. The van der Waals surface area contributed by atoms with Crippen molar-refractivity contribution in [2.45, 2.75) is 73.3 Å². The number of hydrogen-bond donors (Lipinski definition) is 0. The van der Waals surface area contributed by atoms with Gasteiger partial charge in [-0.25, -0.2) is 0 Å². The summed E-state index contributed by atoms with van der Waals surface area (Å²) in [6, 6.07) is 8.83. The number of carbonyl (C=O) groups is 1. The highest BCUT2D eigenvalue weighted by molar-refractivity contribution is 5.66. The van der Waals surface area contributed by atoms with Crippen molar-refractivity contribution in [2.75, 3.05) is 13.7 Å². The molecule has 0 amide bonds. The van der Waals surface area contributed by atoms with Crippen LogP contribution >= 0.6 is 0 Å². The second-order valence-electron chi connectivity index (χ2n) is 8.66. The average Bonchev–Trinajstić information content (AvgIpc) is 2.65. The second kappa shape index (κ2) is 9.55. The Balaban J connectivity index is 2.34. The third kappa shape index (κ3) is 5.16. The molecule has 30 heavy (non-hydrogen) atoms. The number of ether oxygens (including phenoxy) is 3. The van der Waals surface area contributed by atoms with Gasteiger partial charge in [-0.3, -0.25) is 4.79 Å². The Morgan fingerprint density at radius 2 is 1.33 bits per heavy atom. The summed E-state index contributed by atoms with van der Waals surface area (Å²) in [5.74, 6) is 1.53. The fourth-order valence-electron chi connectivity index (χ4n) is 3.98. The predicted molar refractivity (Wildman–Crippen MR) is 122 cm³/mol. The molecule has 4 heteroatoms. The molecule has 164 valence electrons. The average molecular weight is 413 g/mol. The molecule has 0 fully saturated rings. The van der Waals surface area contributed by atoms with Crippen LogP contribution in [0.1, 0.15) is 67.5 Å². The van der Waals surface area contributed by atoms with Crippen LogP contribution in [0.25, 0.3) is 0 Å². The highest BCUT2D eigenvalue weighted by Gasteiger charge is 2.26.